The molecule has 41 valence electrons. The van der Waals surface area contributed by atoms with Crippen molar-refractivity contribution in [2.24, 2.45) is 0 Å². The summed E-state index contributed by atoms with van der Waals surface area (Å²) in [5.74, 6) is 0. The summed E-state index contributed by atoms with van der Waals surface area (Å²) < 4.78 is 0. The van der Waals surface area contributed by atoms with Crippen molar-refractivity contribution in [3.8, 4) is 0 Å². The fourth-order valence-corrected chi connectivity index (χ4v) is 0. The molecule has 0 aliphatic carbocycles. The van der Waals surface area contributed by atoms with Crippen LogP contribution in [0.2, 0.25) is 0 Å². The maximum absolute atomic E-state index is 3.69. The van der Waals surface area contributed by atoms with Gasteiger partial charge in [0, 0.05) is 0 Å². The molecule has 0 spiro atoms. The van der Waals surface area contributed by atoms with E-state index in [1.807, 2.05) is 13.0 Å². The SMILES string of the molecule is [CH2-]C=CC.[Ni][Br]. The summed E-state index contributed by atoms with van der Waals surface area (Å²) in [4.78, 5) is 0. The van der Waals surface area contributed by atoms with Crippen LogP contribution in [-0.2, 0) is 13.7 Å². The van der Waals surface area contributed by atoms with E-state index >= 15 is 0 Å². The van der Waals surface area contributed by atoms with E-state index in [0.29, 0.717) is 0 Å². The first-order valence-electron chi connectivity index (χ1n) is 1.44. The molecule has 0 N–H and O–H groups in total. The number of hydrogen-bond donors (Lipinski definition) is 0. The molecule has 0 nitrogen and oxygen atoms in total. The van der Waals surface area contributed by atoms with Crippen molar-refractivity contribution in [1.82, 2.24) is 0 Å². The fraction of sp³-hybridized carbons (Fsp3) is 0.250. The van der Waals surface area contributed by atoms with Gasteiger partial charge >= 0.3 is 27.9 Å². The Morgan fingerprint density at radius 2 is 1.83 bits per heavy atom. The summed E-state index contributed by atoms with van der Waals surface area (Å²) in [6.07, 6.45) is 3.64. The van der Waals surface area contributed by atoms with Crippen molar-refractivity contribution in [2.45, 2.75) is 6.92 Å². The zero-order valence-corrected chi connectivity index (χ0v) is 6.13. The molecular weight excluding hydrogens is 187 g/mol. The average molecular weight is 194 g/mol. The molecule has 0 saturated heterocycles. The first-order chi connectivity index (χ1) is 2.91. The molecule has 0 bridgehead atoms. The number of rotatable bonds is 0. The van der Waals surface area contributed by atoms with E-state index < -0.39 is 0 Å². The Hall–Kier alpha value is 0.584. The molecule has 0 aromatic rings. The van der Waals surface area contributed by atoms with Crippen LogP contribution in [0, 0.1) is 6.92 Å². The van der Waals surface area contributed by atoms with Gasteiger partial charge in [-0.1, -0.05) is 0 Å². The third-order valence-corrected chi connectivity index (χ3v) is 0.236. The fourth-order valence-electron chi connectivity index (χ4n) is 0. The average Bonchev–Trinajstić information content (AvgIpc) is 1.72. The van der Waals surface area contributed by atoms with Gasteiger partial charge in [0.25, 0.3) is 0 Å². The van der Waals surface area contributed by atoms with Crippen LogP contribution in [0.1, 0.15) is 6.92 Å². The summed E-state index contributed by atoms with van der Waals surface area (Å²) in [5, 5.41) is 0. The van der Waals surface area contributed by atoms with Gasteiger partial charge in [-0.3, -0.25) is 0 Å². The van der Waals surface area contributed by atoms with E-state index in [-0.39, 0.29) is 0 Å². The Morgan fingerprint density at radius 3 is 1.83 bits per heavy atom. The Balaban J connectivity index is 0. The van der Waals surface area contributed by atoms with Crippen LogP contribution in [0.25, 0.3) is 0 Å². The monoisotopic (exact) mass is 192 g/mol. The second-order valence-corrected chi connectivity index (χ2v) is 0.569. The Bertz CT molecular complexity index is 22.7. The Labute approximate surface area is 54.2 Å². The van der Waals surface area contributed by atoms with Gasteiger partial charge in [-0.2, -0.15) is 0 Å². The van der Waals surface area contributed by atoms with Gasteiger partial charge in [0.15, 0.2) is 0 Å². The predicted molar refractivity (Wildman–Crippen MR) is 29.1 cm³/mol. The van der Waals surface area contributed by atoms with E-state index in [4.69, 9.17) is 0 Å². The van der Waals surface area contributed by atoms with Gasteiger partial charge in [-0.15, -0.1) is 6.92 Å². The number of hydrogen-bond acceptors (Lipinski definition) is 0. The minimum atomic E-state index is 1.75. The van der Waals surface area contributed by atoms with Gasteiger partial charge in [0.05, 0.1) is 0 Å². The first kappa shape index (κ1) is 9.77. The van der Waals surface area contributed by atoms with E-state index in [1.54, 1.807) is 6.08 Å². The van der Waals surface area contributed by atoms with Crippen LogP contribution in [0.3, 0.4) is 0 Å². The molecule has 0 fully saturated rings. The van der Waals surface area contributed by atoms with Gasteiger partial charge in [-0.05, 0) is 0 Å². The molecule has 0 amide bonds. The molecule has 0 aliphatic heterocycles. The van der Waals surface area contributed by atoms with E-state index in [0.717, 1.165) is 0 Å². The number of halogens is 1. The van der Waals surface area contributed by atoms with Crippen molar-refractivity contribution < 1.29 is 13.7 Å². The van der Waals surface area contributed by atoms with Crippen LogP contribution < -0.4 is 0 Å². The normalized spacial score (nSPS) is 7.33. The van der Waals surface area contributed by atoms with Crippen LogP contribution in [0.5, 0.6) is 0 Å². The third kappa shape index (κ3) is 23.5. The van der Waals surface area contributed by atoms with Gasteiger partial charge < -0.3 is 0 Å². The van der Waals surface area contributed by atoms with Gasteiger partial charge in [0.2, 0.25) is 0 Å². The second kappa shape index (κ2) is 17.6. The number of allylic oxidation sites excluding steroid dienone is 2. The molecule has 0 radical (unpaired) electrons. The molecular formula is C4H7BrNi-. The topological polar surface area (TPSA) is 0 Å². The molecule has 0 rings (SSSR count). The van der Waals surface area contributed by atoms with Crippen LogP contribution in [0.15, 0.2) is 12.2 Å². The zero-order valence-electron chi connectivity index (χ0n) is 3.56. The van der Waals surface area contributed by atoms with Crippen molar-refractivity contribution in [3.63, 3.8) is 0 Å². The van der Waals surface area contributed by atoms with Crippen LogP contribution in [-0.4, -0.2) is 0 Å². The summed E-state index contributed by atoms with van der Waals surface area (Å²) in [7, 11) is 0. The van der Waals surface area contributed by atoms with Gasteiger partial charge in [0.1, 0.15) is 0 Å². The van der Waals surface area contributed by atoms with E-state index in [9.17, 15) is 0 Å². The van der Waals surface area contributed by atoms with Crippen LogP contribution >= 0.6 is 14.2 Å². The molecule has 0 aromatic heterocycles. The molecule has 6 heavy (non-hydrogen) atoms. The standard InChI is InChI=1S/C4H7.BrH.Ni/c1-3-4-2;;/h3-4H,1H2,2H3;1H;/q-1;;+1/p-1. The molecule has 0 aromatic carbocycles. The minimum absolute atomic E-state index is 1.75. The molecule has 0 saturated carbocycles. The molecule has 0 atom stereocenters. The Kier molecular flexibility index (Phi) is 28.6. The third-order valence-electron chi connectivity index (χ3n) is 0.236. The van der Waals surface area contributed by atoms with Crippen molar-refractivity contribution in [1.29, 1.82) is 0 Å². The second-order valence-electron chi connectivity index (χ2n) is 0.569. The van der Waals surface area contributed by atoms with E-state index in [2.05, 4.69) is 34.8 Å². The van der Waals surface area contributed by atoms with Gasteiger partial charge in [-0.25, -0.2) is 19.1 Å². The Morgan fingerprint density at radius 1 is 1.67 bits per heavy atom. The summed E-state index contributed by atoms with van der Waals surface area (Å²) >= 11 is 6.25. The van der Waals surface area contributed by atoms with Crippen molar-refractivity contribution in [2.75, 3.05) is 0 Å². The molecule has 0 unspecified atom stereocenters. The molecule has 2 heteroatoms. The maximum atomic E-state index is 3.69. The summed E-state index contributed by atoms with van der Waals surface area (Å²) in [6, 6.07) is 0. The summed E-state index contributed by atoms with van der Waals surface area (Å²) in [5.41, 5.74) is 0. The predicted octanol–water partition coefficient (Wildman–Crippen LogP) is 2.24. The molecule has 0 heterocycles. The van der Waals surface area contributed by atoms with Crippen molar-refractivity contribution in [3.05, 3.63) is 19.1 Å². The van der Waals surface area contributed by atoms with Crippen molar-refractivity contribution >= 4 is 14.2 Å². The molecule has 0 aliphatic rings. The zero-order chi connectivity index (χ0) is 5.41. The van der Waals surface area contributed by atoms with Crippen LogP contribution in [0.4, 0.5) is 0 Å². The summed E-state index contributed by atoms with van der Waals surface area (Å²) in [6.45, 7) is 5.36. The quantitative estimate of drug-likeness (QED) is 0.409. The first-order valence-corrected chi connectivity index (χ1v) is 3.88. The van der Waals surface area contributed by atoms with E-state index in [1.165, 1.54) is 0 Å².